The lowest BCUT2D eigenvalue weighted by molar-refractivity contribution is -0.157. The van der Waals surface area contributed by atoms with Crippen LogP contribution in [0.5, 0.6) is 5.75 Å². The maximum Gasteiger partial charge on any atom is 0.340 e. The van der Waals surface area contributed by atoms with E-state index in [1.807, 2.05) is 19.1 Å². The van der Waals surface area contributed by atoms with Gasteiger partial charge in [-0.3, -0.25) is 0 Å². The van der Waals surface area contributed by atoms with Gasteiger partial charge in [0.05, 0.1) is 6.61 Å². The Morgan fingerprint density at radius 2 is 1.73 bits per heavy atom. The summed E-state index contributed by atoms with van der Waals surface area (Å²) >= 11 is 0. The SMILES string of the molecule is CCCCOc1ccc(C2CCC(OC(=O)[C@@H](F)CCCC)CC2)cc1. The molecule has 3 nitrogen and oxygen atoms in total. The summed E-state index contributed by atoms with van der Waals surface area (Å²) in [7, 11) is 0. The van der Waals surface area contributed by atoms with Gasteiger partial charge in [0.25, 0.3) is 0 Å². The van der Waals surface area contributed by atoms with Crippen molar-refractivity contribution in [3.05, 3.63) is 29.8 Å². The Kier molecular flexibility index (Phi) is 8.93. The molecule has 1 aromatic rings. The van der Waals surface area contributed by atoms with Gasteiger partial charge in [-0.1, -0.05) is 45.2 Å². The third-order valence-corrected chi connectivity index (χ3v) is 5.14. The van der Waals surface area contributed by atoms with Gasteiger partial charge >= 0.3 is 5.97 Å². The summed E-state index contributed by atoms with van der Waals surface area (Å²) < 4.78 is 24.8. The Bertz CT molecular complexity index is 521. The van der Waals surface area contributed by atoms with Crippen LogP contribution >= 0.6 is 0 Å². The fourth-order valence-electron chi connectivity index (χ4n) is 3.42. The van der Waals surface area contributed by atoms with Crippen LogP contribution in [0.1, 0.15) is 83.1 Å². The van der Waals surface area contributed by atoms with E-state index < -0.39 is 12.1 Å². The molecule has 146 valence electrons. The summed E-state index contributed by atoms with van der Waals surface area (Å²) in [6.45, 7) is 4.91. The Labute approximate surface area is 157 Å². The zero-order valence-electron chi connectivity index (χ0n) is 16.2. The summed E-state index contributed by atoms with van der Waals surface area (Å²) in [6.07, 6.45) is 6.07. The van der Waals surface area contributed by atoms with E-state index in [9.17, 15) is 9.18 Å². The van der Waals surface area contributed by atoms with Gasteiger partial charge in [-0.05, 0) is 62.1 Å². The molecule has 0 aliphatic heterocycles. The lowest BCUT2D eigenvalue weighted by Gasteiger charge is -2.29. The zero-order valence-corrected chi connectivity index (χ0v) is 16.2. The first-order chi connectivity index (χ1) is 12.6. The van der Waals surface area contributed by atoms with Gasteiger partial charge in [0.15, 0.2) is 6.17 Å². The van der Waals surface area contributed by atoms with E-state index in [2.05, 4.69) is 19.1 Å². The van der Waals surface area contributed by atoms with Crippen LogP contribution in [0.3, 0.4) is 0 Å². The number of unbranched alkanes of at least 4 members (excludes halogenated alkanes) is 2. The second-order valence-electron chi connectivity index (χ2n) is 7.29. The lowest BCUT2D eigenvalue weighted by atomic mass is 9.83. The molecule has 1 saturated carbocycles. The molecule has 0 bridgehead atoms. The number of halogens is 1. The highest BCUT2D eigenvalue weighted by Gasteiger charge is 2.27. The van der Waals surface area contributed by atoms with Crippen LogP contribution < -0.4 is 4.74 Å². The molecule has 0 saturated heterocycles. The molecule has 0 heterocycles. The predicted octanol–water partition coefficient (Wildman–Crippen LogP) is 5.96. The minimum atomic E-state index is -1.46. The number of benzene rings is 1. The first kappa shape index (κ1) is 20.7. The molecule has 0 spiro atoms. The minimum Gasteiger partial charge on any atom is -0.494 e. The fraction of sp³-hybridized carbons (Fsp3) is 0.682. The van der Waals surface area contributed by atoms with Crippen molar-refractivity contribution in [3.8, 4) is 5.75 Å². The molecule has 1 aliphatic carbocycles. The number of hydrogen-bond acceptors (Lipinski definition) is 3. The Morgan fingerprint density at radius 3 is 2.35 bits per heavy atom. The molecule has 2 rings (SSSR count). The Balaban J connectivity index is 1.74. The smallest absolute Gasteiger partial charge is 0.340 e. The number of rotatable bonds is 10. The van der Waals surface area contributed by atoms with Crippen molar-refractivity contribution in [1.29, 1.82) is 0 Å². The summed E-state index contributed by atoms with van der Waals surface area (Å²) in [5.74, 6) is 0.734. The predicted molar refractivity (Wildman–Crippen MR) is 102 cm³/mol. The van der Waals surface area contributed by atoms with Crippen LogP contribution in [-0.2, 0) is 9.53 Å². The quantitative estimate of drug-likeness (QED) is 0.379. The number of esters is 1. The number of carbonyl (C=O) groups excluding carboxylic acids is 1. The molecule has 1 aromatic carbocycles. The second-order valence-corrected chi connectivity index (χ2v) is 7.29. The van der Waals surface area contributed by atoms with Crippen molar-refractivity contribution < 1.29 is 18.7 Å². The van der Waals surface area contributed by atoms with Crippen molar-refractivity contribution in [3.63, 3.8) is 0 Å². The van der Waals surface area contributed by atoms with Gasteiger partial charge in [0.2, 0.25) is 0 Å². The van der Waals surface area contributed by atoms with Crippen molar-refractivity contribution in [2.75, 3.05) is 6.61 Å². The molecule has 4 heteroatoms. The van der Waals surface area contributed by atoms with Crippen LogP contribution in [0, 0.1) is 0 Å². The molecule has 1 fully saturated rings. The van der Waals surface area contributed by atoms with Gasteiger partial charge in [-0.2, -0.15) is 0 Å². The van der Waals surface area contributed by atoms with Gasteiger partial charge in [-0.25, -0.2) is 9.18 Å². The minimum absolute atomic E-state index is 0.129. The van der Waals surface area contributed by atoms with E-state index in [0.29, 0.717) is 5.92 Å². The van der Waals surface area contributed by atoms with E-state index in [-0.39, 0.29) is 12.5 Å². The molecular formula is C22H33FO3. The highest BCUT2D eigenvalue weighted by atomic mass is 19.1. The van der Waals surface area contributed by atoms with E-state index in [1.54, 1.807) is 0 Å². The number of carbonyl (C=O) groups is 1. The van der Waals surface area contributed by atoms with Crippen LogP contribution in [0.25, 0.3) is 0 Å². The highest BCUT2D eigenvalue weighted by Crippen LogP contribution is 2.35. The maximum atomic E-state index is 13.7. The number of hydrogen-bond donors (Lipinski definition) is 0. The summed E-state index contributed by atoms with van der Waals surface area (Å²) in [5.41, 5.74) is 1.31. The first-order valence-electron chi connectivity index (χ1n) is 10.2. The van der Waals surface area contributed by atoms with Crippen molar-refractivity contribution in [2.45, 2.75) is 89.8 Å². The van der Waals surface area contributed by atoms with Crippen LogP contribution in [0.15, 0.2) is 24.3 Å². The topological polar surface area (TPSA) is 35.5 Å². The third-order valence-electron chi connectivity index (χ3n) is 5.14. The van der Waals surface area contributed by atoms with Crippen molar-refractivity contribution >= 4 is 5.97 Å². The van der Waals surface area contributed by atoms with Crippen LogP contribution in [0.2, 0.25) is 0 Å². The summed E-state index contributed by atoms with van der Waals surface area (Å²) in [4.78, 5) is 11.8. The maximum absolute atomic E-state index is 13.7. The van der Waals surface area contributed by atoms with E-state index in [0.717, 1.165) is 63.7 Å². The van der Waals surface area contributed by atoms with Gasteiger partial charge in [0, 0.05) is 0 Å². The lowest BCUT2D eigenvalue weighted by Crippen LogP contribution is -2.28. The van der Waals surface area contributed by atoms with Gasteiger partial charge in [0.1, 0.15) is 11.9 Å². The Hall–Kier alpha value is -1.58. The molecule has 0 aromatic heterocycles. The molecule has 1 atom stereocenters. The standard InChI is InChI=1S/C22H33FO3/c1-3-5-7-21(23)22(24)26-20-14-10-18(11-15-20)17-8-12-19(13-9-17)25-16-6-4-2/h8-9,12-13,18,20-21H,3-7,10-11,14-16H2,1-2H3/t18?,20?,21-/m0/s1. The molecule has 1 aliphatic rings. The van der Waals surface area contributed by atoms with E-state index in [1.165, 1.54) is 5.56 Å². The molecule has 0 amide bonds. The van der Waals surface area contributed by atoms with Crippen LogP contribution in [0.4, 0.5) is 4.39 Å². The van der Waals surface area contributed by atoms with Crippen molar-refractivity contribution in [1.82, 2.24) is 0 Å². The molecule has 26 heavy (non-hydrogen) atoms. The number of alkyl halides is 1. The molecule has 0 N–H and O–H groups in total. The average Bonchev–Trinajstić information content (AvgIpc) is 2.67. The molecular weight excluding hydrogens is 331 g/mol. The summed E-state index contributed by atoms with van der Waals surface area (Å²) in [5, 5.41) is 0. The largest absolute Gasteiger partial charge is 0.494 e. The second kappa shape index (κ2) is 11.2. The third kappa shape index (κ3) is 6.62. The normalized spacial score (nSPS) is 21.2. The van der Waals surface area contributed by atoms with E-state index in [4.69, 9.17) is 9.47 Å². The highest BCUT2D eigenvalue weighted by molar-refractivity contribution is 5.74. The van der Waals surface area contributed by atoms with E-state index >= 15 is 0 Å². The van der Waals surface area contributed by atoms with Gasteiger partial charge < -0.3 is 9.47 Å². The molecule has 0 unspecified atom stereocenters. The monoisotopic (exact) mass is 364 g/mol. The number of ether oxygens (including phenoxy) is 2. The zero-order chi connectivity index (χ0) is 18.8. The average molecular weight is 365 g/mol. The molecule has 0 radical (unpaired) electrons. The van der Waals surface area contributed by atoms with Crippen LogP contribution in [-0.4, -0.2) is 24.9 Å². The first-order valence-corrected chi connectivity index (χ1v) is 10.2. The van der Waals surface area contributed by atoms with Crippen molar-refractivity contribution in [2.24, 2.45) is 0 Å². The summed E-state index contributed by atoms with van der Waals surface area (Å²) in [6, 6.07) is 8.36. The Morgan fingerprint density at radius 1 is 1.08 bits per heavy atom. The van der Waals surface area contributed by atoms with Gasteiger partial charge in [-0.15, -0.1) is 0 Å². The fourth-order valence-corrected chi connectivity index (χ4v) is 3.42.